The molecule has 0 aliphatic heterocycles. The van der Waals surface area contributed by atoms with Crippen LogP contribution in [0.25, 0.3) is 0 Å². The zero-order chi connectivity index (χ0) is 12.1. The van der Waals surface area contributed by atoms with Gasteiger partial charge in [0.05, 0.1) is 5.84 Å². The van der Waals surface area contributed by atoms with Gasteiger partial charge in [0.15, 0.2) is 0 Å². The van der Waals surface area contributed by atoms with Crippen molar-refractivity contribution in [3.05, 3.63) is 29.8 Å². The van der Waals surface area contributed by atoms with E-state index in [1.807, 2.05) is 12.1 Å². The summed E-state index contributed by atoms with van der Waals surface area (Å²) >= 11 is 0. The Hall–Kier alpha value is -2.04. The lowest BCUT2D eigenvalue weighted by molar-refractivity contribution is 0.230. The van der Waals surface area contributed by atoms with Crippen LogP contribution in [0.4, 0.5) is 10.5 Å². The third-order valence-electron chi connectivity index (χ3n) is 2.01. The van der Waals surface area contributed by atoms with E-state index >= 15 is 0 Å². The Morgan fingerprint density at radius 2 is 1.94 bits per heavy atom. The number of rotatable bonds is 3. The van der Waals surface area contributed by atoms with Crippen LogP contribution >= 0.6 is 0 Å². The second-order valence-electron chi connectivity index (χ2n) is 3.72. The molecule has 0 fully saturated rings. The lowest BCUT2D eigenvalue weighted by Gasteiger charge is -2.12. The molecule has 0 radical (unpaired) electrons. The van der Waals surface area contributed by atoms with Crippen molar-refractivity contribution >= 4 is 17.6 Å². The molecule has 0 aliphatic rings. The zero-order valence-electron chi connectivity index (χ0n) is 9.45. The van der Waals surface area contributed by atoms with Gasteiger partial charge in [-0.3, -0.25) is 5.41 Å². The van der Waals surface area contributed by atoms with Crippen molar-refractivity contribution in [2.75, 3.05) is 19.4 Å². The number of carbonyl (C=O) groups is 1. The fourth-order valence-corrected chi connectivity index (χ4v) is 1.16. The van der Waals surface area contributed by atoms with Gasteiger partial charge in [-0.15, -0.1) is 0 Å². The average molecular weight is 220 g/mol. The van der Waals surface area contributed by atoms with E-state index in [2.05, 4.69) is 5.32 Å². The molecule has 16 heavy (non-hydrogen) atoms. The van der Waals surface area contributed by atoms with Gasteiger partial charge in [0.2, 0.25) is 0 Å². The molecule has 0 aliphatic carbocycles. The number of amides is 2. The van der Waals surface area contributed by atoms with Crippen molar-refractivity contribution in [3.8, 4) is 0 Å². The monoisotopic (exact) mass is 220 g/mol. The minimum Gasteiger partial charge on any atom is -0.387 e. The lowest BCUT2D eigenvalue weighted by atomic mass is 10.1. The molecule has 0 bridgehead atoms. The predicted octanol–water partition coefficient (Wildman–Crippen LogP) is 1.26. The molecule has 0 saturated heterocycles. The maximum Gasteiger partial charge on any atom is 0.321 e. The third-order valence-corrected chi connectivity index (χ3v) is 2.01. The molecule has 1 rings (SSSR count). The molecule has 2 amide bonds. The van der Waals surface area contributed by atoms with Crippen molar-refractivity contribution in [3.63, 3.8) is 0 Å². The molecule has 4 N–H and O–H groups in total. The first-order valence-corrected chi connectivity index (χ1v) is 4.89. The van der Waals surface area contributed by atoms with Crippen molar-refractivity contribution in [1.82, 2.24) is 4.90 Å². The molecular weight excluding hydrogens is 204 g/mol. The fourth-order valence-electron chi connectivity index (χ4n) is 1.16. The SMILES string of the molecule is CN(C)C(=O)Nc1ccc(CC(=N)N)cc1. The average Bonchev–Trinajstić information content (AvgIpc) is 2.20. The Bertz CT molecular complexity index is 383. The molecule has 0 saturated carbocycles. The number of amidine groups is 1. The Morgan fingerprint density at radius 1 is 1.38 bits per heavy atom. The van der Waals surface area contributed by atoms with Crippen LogP contribution in [0.1, 0.15) is 5.56 Å². The molecule has 1 aromatic carbocycles. The molecule has 0 atom stereocenters. The molecular formula is C11H16N4O. The largest absolute Gasteiger partial charge is 0.387 e. The normalized spacial score (nSPS) is 9.62. The summed E-state index contributed by atoms with van der Waals surface area (Å²) in [6, 6.07) is 7.10. The molecule has 0 unspecified atom stereocenters. The first kappa shape index (κ1) is 12.0. The van der Waals surface area contributed by atoms with Gasteiger partial charge < -0.3 is 16.0 Å². The van der Waals surface area contributed by atoms with E-state index in [-0.39, 0.29) is 11.9 Å². The van der Waals surface area contributed by atoms with Gasteiger partial charge in [0, 0.05) is 26.2 Å². The number of urea groups is 1. The number of anilines is 1. The van der Waals surface area contributed by atoms with Crippen LogP contribution in [0.15, 0.2) is 24.3 Å². The van der Waals surface area contributed by atoms with Crippen LogP contribution in [0.3, 0.4) is 0 Å². The Kier molecular flexibility index (Phi) is 3.88. The highest BCUT2D eigenvalue weighted by atomic mass is 16.2. The summed E-state index contributed by atoms with van der Waals surface area (Å²) in [5.41, 5.74) is 6.97. The van der Waals surface area contributed by atoms with E-state index in [0.717, 1.165) is 11.3 Å². The Morgan fingerprint density at radius 3 is 2.38 bits per heavy atom. The highest BCUT2D eigenvalue weighted by Gasteiger charge is 2.03. The number of hydrogen-bond donors (Lipinski definition) is 3. The maximum atomic E-state index is 11.3. The second kappa shape index (κ2) is 5.16. The van der Waals surface area contributed by atoms with Crippen molar-refractivity contribution in [2.45, 2.75) is 6.42 Å². The van der Waals surface area contributed by atoms with Gasteiger partial charge in [0.25, 0.3) is 0 Å². The number of hydrogen-bond acceptors (Lipinski definition) is 2. The Balaban J connectivity index is 2.64. The summed E-state index contributed by atoms with van der Waals surface area (Å²) in [4.78, 5) is 12.8. The Labute approximate surface area is 94.8 Å². The highest BCUT2D eigenvalue weighted by molar-refractivity contribution is 5.89. The van der Waals surface area contributed by atoms with Crippen molar-refractivity contribution in [2.24, 2.45) is 5.73 Å². The number of carbonyl (C=O) groups excluding carboxylic acids is 1. The number of nitrogens with two attached hydrogens (primary N) is 1. The van der Waals surface area contributed by atoms with Crippen molar-refractivity contribution < 1.29 is 4.79 Å². The molecule has 5 nitrogen and oxygen atoms in total. The molecule has 0 spiro atoms. The van der Waals surface area contributed by atoms with Gasteiger partial charge in [-0.05, 0) is 17.7 Å². The summed E-state index contributed by atoms with van der Waals surface area (Å²) in [6.07, 6.45) is 0.432. The first-order chi connectivity index (χ1) is 7.49. The maximum absolute atomic E-state index is 11.3. The predicted molar refractivity (Wildman–Crippen MR) is 64.8 cm³/mol. The fraction of sp³-hybridized carbons (Fsp3) is 0.273. The summed E-state index contributed by atoms with van der Waals surface area (Å²) in [5, 5.41) is 9.88. The zero-order valence-corrected chi connectivity index (χ0v) is 9.45. The topological polar surface area (TPSA) is 82.2 Å². The van der Waals surface area contributed by atoms with E-state index in [0.29, 0.717) is 6.42 Å². The summed E-state index contributed by atoms with van der Waals surface area (Å²) < 4.78 is 0. The lowest BCUT2D eigenvalue weighted by Crippen LogP contribution is -2.27. The van der Waals surface area contributed by atoms with E-state index in [1.54, 1.807) is 26.2 Å². The van der Waals surface area contributed by atoms with E-state index in [4.69, 9.17) is 11.1 Å². The number of nitrogens with zero attached hydrogens (tertiary/aromatic N) is 1. The van der Waals surface area contributed by atoms with Gasteiger partial charge >= 0.3 is 6.03 Å². The van der Waals surface area contributed by atoms with E-state index < -0.39 is 0 Å². The smallest absolute Gasteiger partial charge is 0.321 e. The van der Waals surface area contributed by atoms with Crippen LogP contribution in [0.5, 0.6) is 0 Å². The van der Waals surface area contributed by atoms with E-state index in [1.165, 1.54) is 4.90 Å². The third kappa shape index (κ3) is 3.61. The number of nitrogens with one attached hydrogen (secondary N) is 2. The molecule has 5 heteroatoms. The summed E-state index contributed by atoms with van der Waals surface area (Å²) in [5.74, 6) is 0.130. The molecule has 0 heterocycles. The second-order valence-corrected chi connectivity index (χ2v) is 3.72. The molecule has 1 aromatic rings. The quantitative estimate of drug-likeness (QED) is 0.529. The van der Waals surface area contributed by atoms with Gasteiger partial charge in [0.1, 0.15) is 0 Å². The standard InChI is InChI=1S/C11H16N4O/c1-15(2)11(16)14-9-5-3-8(4-6-9)7-10(12)13/h3-6H,7H2,1-2H3,(H3,12,13)(H,14,16). The molecule has 0 aromatic heterocycles. The van der Waals surface area contributed by atoms with Crippen LogP contribution < -0.4 is 11.1 Å². The minimum absolute atomic E-state index is 0.130. The van der Waals surface area contributed by atoms with Crippen LogP contribution in [-0.2, 0) is 6.42 Å². The van der Waals surface area contributed by atoms with Gasteiger partial charge in [-0.2, -0.15) is 0 Å². The van der Waals surface area contributed by atoms with Gasteiger partial charge in [-0.1, -0.05) is 12.1 Å². The van der Waals surface area contributed by atoms with Crippen LogP contribution in [0, 0.1) is 5.41 Å². The van der Waals surface area contributed by atoms with Crippen molar-refractivity contribution in [1.29, 1.82) is 5.41 Å². The minimum atomic E-state index is -0.167. The number of benzene rings is 1. The van der Waals surface area contributed by atoms with Crippen LogP contribution in [-0.4, -0.2) is 30.9 Å². The molecule has 86 valence electrons. The van der Waals surface area contributed by atoms with E-state index in [9.17, 15) is 4.79 Å². The highest BCUT2D eigenvalue weighted by Crippen LogP contribution is 2.10. The van der Waals surface area contributed by atoms with Gasteiger partial charge in [-0.25, -0.2) is 4.79 Å². The first-order valence-electron chi connectivity index (χ1n) is 4.89. The summed E-state index contributed by atoms with van der Waals surface area (Å²) in [6.45, 7) is 0. The van der Waals surface area contributed by atoms with Crippen LogP contribution in [0.2, 0.25) is 0 Å². The summed E-state index contributed by atoms with van der Waals surface area (Å²) in [7, 11) is 3.36.